The molecule has 0 aromatic heterocycles. The fourth-order valence-corrected chi connectivity index (χ4v) is 1.72. The monoisotopic (exact) mass is 221 g/mol. The first-order chi connectivity index (χ1) is 7.58. The first-order valence-corrected chi connectivity index (χ1v) is 5.69. The summed E-state index contributed by atoms with van der Waals surface area (Å²) in [5.41, 5.74) is 2.16. The van der Waals surface area contributed by atoms with E-state index in [0.29, 0.717) is 11.6 Å². The molecule has 0 bridgehead atoms. The van der Waals surface area contributed by atoms with Crippen molar-refractivity contribution in [3.05, 3.63) is 29.3 Å². The van der Waals surface area contributed by atoms with Gasteiger partial charge in [-0.15, -0.1) is 0 Å². The van der Waals surface area contributed by atoms with Crippen LogP contribution >= 0.6 is 0 Å². The summed E-state index contributed by atoms with van der Waals surface area (Å²) in [6.07, 6.45) is 2.13. The molecule has 0 saturated heterocycles. The molecule has 1 aromatic carbocycles. The van der Waals surface area contributed by atoms with E-state index in [2.05, 4.69) is 19.2 Å². The molecule has 0 unspecified atom stereocenters. The van der Waals surface area contributed by atoms with E-state index in [4.69, 9.17) is 5.11 Å². The number of aryl methyl sites for hydroxylation is 1. The lowest BCUT2D eigenvalue weighted by Crippen LogP contribution is -2.17. The molecule has 0 aliphatic heterocycles. The van der Waals surface area contributed by atoms with Gasteiger partial charge in [0.15, 0.2) is 0 Å². The second-order valence-corrected chi connectivity index (χ2v) is 3.99. The minimum Gasteiger partial charge on any atom is -0.478 e. The van der Waals surface area contributed by atoms with E-state index in [9.17, 15) is 4.79 Å². The van der Waals surface area contributed by atoms with Gasteiger partial charge in [0.25, 0.3) is 0 Å². The lowest BCUT2D eigenvalue weighted by atomic mass is 10.1. The molecule has 0 heterocycles. The first kappa shape index (κ1) is 12.6. The van der Waals surface area contributed by atoms with Gasteiger partial charge in [0.1, 0.15) is 0 Å². The Kier molecular flexibility index (Phi) is 4.35. The lowest BCUT2D eigenvalue weighted by molar-refractivity contribution is 0.0696. The molecule has 1 aromatic rings. The van der Waals surface area contributed by atoms with Crippen molar-refractivity contribution in [3.8, 4) is 0 Å². The van der Waals surface area contributed by atoms with E-state index in [-0.39, 0.29) is 0 Å². The van der Waals surface area contributed by atoms with Crippen molar-refractivity contribution in [2.24, 2.45) is 0 Å². The summed E-state index contributed by atoms with van der Waals surface area (Å²) in [5.74, 6) is -0.869. The number of aromatic carboxylic acids is 1. The van der Waals surface area contributed by atoms with E-state index in [0.717, 1.165) is 24.1 Å². The highest BCUT2D eigenvalue weighted by Gasteiger charge is 2.08. The number of anilines is 1. The summed E-state index contributed by atoms with van der Waals surface area (Å²) in [6, 6.07) is 5.83. The summed E-state index contributed by atoms with van der Waals surface area (Å²) in [7, 11) is 0. The molecule has 0 saturated carbocycles. The van der Waals surface area contributed by atoms with Crippen molar-refractivity contribution in [2.75, 3.05) is 5.32 Å². The van der Waals surface area contributed by atoms with Gasteiger partial charge in [-0.05, 0) is 43.5 Å². The Bertz CT molecular complexity index is 370. The first-order valence-electron chi connectivity index (χ1n) is 5.69. The van der Waals surface area contributed by atoms with Crippen molar-refractivity contribution in [1.82, 2.24) is 0 Å². The highest BCUT2D eigenvalue weighted by atomic mass is 16.4. The fraction of sp³-hybridized carbons (Fsp3) is 0.462. The summed E-state index contributed by atoms with van der Waals surface area (Å²) in [6.45, 7) is 6.10. The summed E-state index contributed by atoms with van der Waals surface area (Å²) < 4.78 is 0. The summed E-state index contributed by atoms with van der Waals surface area (Å²) in [4.78, 5) is 10.8. The van der Waals surface area contributed by atoms with Crippen LogP contribution in [-0.4, -0.2) is 17.1 Å². The molecule has 0 fully saturated rings. The molecule has 2 N–H and O–H groups in total. The second kappa shape index (κ2) is 5.54. The molecule has 0 radical (unpaired) electrons. The molecular weight excluding hydrogens is 202 g/mol. The topological polar surface area (TPSA) is 49.3 Å². The maximum Gasteiger partial charge on any atom is 0.335 e. The van der Waals surface area contributed by atoms with Gasteiger partial charge in [0, 0.05) is 11.7 Å². The smallest absolute Gasteiger partial charge is 0.335 e. The molecule has 88 valence electrons. The highest BCUT2D eigenvalue weighted by molar-refractivity contribution is 5.89. The van der Waals surface area contributed by atoms with Crippen LogP contribution in [0.3, 0.4) is 0 Å². The zero-order valence-corrected chi connectivity index (χ0v) is 10.1. The SMILES string of the molecule is CCC(CC)Nc1ccc(C(=O)O)c(C)c1. The van der Waals surface area contributed by atoms with Crippen molar-refractivity contribution in [1.29, 1.82) is 0 Å². The maximum absolute atomic E-state index is 10.8. The van der Waals surface area contributed by atoms with Gasteiger partial charge in [0.2, 0.25) is 0 Å². The number of carboxylic acids is 1. The predicted octanol–water partition coefficient (Wildman–Crippen LogP) is 3.29. The third kappa shape index (κ3) is 2.99. The molecule has 3 heteroatoms. The lowest BCUT2D eigenvalue weighted by Gasteiger charge is -2.17. The molecule has 0 amide bonds. The van der Waals surface area contributed by atoms with Crippen LogP contribution in [0.5, 0.6) is 0 Å². The quantitative estimate of drug-likeness (QED) is 0.802. The van der Waals surface area contributed by atoms with Gasteiger partial charge in [-0.3, -0.25) is 0 Å². The third-order valence-corrected chi connectivity index (χ3v) is 2.81. The van der Waals surface area contributed by atoms with Gasteiger partial charge in [-0.2, -0.15) is 0 Å². The minimum absolute atomic E-state index is 0.370. The third-order valence-electron chi connectivity index (χ3n) is 2.81. The van der Waals surface area contributed by atoms with Crippen LogP contribution in [0.25, 0.3) is 0 Å². The zero-order chi connectivity index (χ0) is 12.1. The Morgan fingerprint density at radius 2 is 2.00 bits per heavy atom. The van der Waals surface area contributed by atoms with Crippen LogP contribution < -0.4 is 5.32 Å². The van der Waals surface area contributed by atoms with Crippen LogP contribution in [0.1, 0.15) is 42.6 Å². The number of carbonyl (C=O) groups is 1. The molecular formula is C13H19NO2. The number of carboxylic acid groups (broad SMARTS) is 1. The van der Waals surface area contributed by atoms with Crippen LogP contribution in [0, 0.1) is 6.92 Å². The Balaban J connectivity index is 2.84. The van der Waals surface area contributed by atoms with Crippen LogP contribution in [0.2, 0.25) is 0 Å². The maximum atomic E-state index is 10.8. The molecule has 0 aliphatic rings. The molecule has 1 rings (SSSR count). The number of nitrogens with one attached hydrogen (secondary N) is 1. The van der Waals surface area contributed by atoms with Crippen LogP contribution in [0.15, 0.2) is 18.2 Å². The number of benzene rings is 1. The summed E-state index contributed by atoms with van der Waals surface area (Å²) in [5, 5.41) is 12.3. The van der Waals surface area contributed by atoms with Crippen LogP contribution in [0.4, 0.5) is 5.69 Å². The van der Waals surface area contributed by atoms with Crippen molar-refractivity contribution in [3.63, 3.8) is 0 Å². The summed E-state index contributed by atoms with van der Waals surface area (Å²) >= 11 is 0. The Morgan fingerprint density at radius 1 is 1.38 bits per heavy atom. The average Bonchev–Trinajstić information content (AvgIpc) is 2.25. The molecule has 0 aliphatic carbocycles. The second-order valence-electron chi connectivity index (χ2n) is 3.99. The molecule has 0 spiro atoms. The Hall–Kier alpha value is -1.51. The van der Waals surface area contributed by atoms with Gasteiger partial charge in [-0.25, -0.2) is 4.79 Å². The van der Waals surface area contributed by atoms with Crippen LogP contribution in [-0.2, 0) is 0 Å². The van der Waals surface area contributed by atoms with Crippen molar-refractivity contribution < 1.29 is 9.90 Å². The van der Waals surface area contributed by atoms with E-state index in [1.807, 2.05) is 19.1 Å². The van der Waals surface area contributed by atoms with Crippen molar-refractivity contribution in [2.45, 2.75) is 39.7 Å². The van der Waals surface area contributed by atoms with E-state index < -0.39 is 5.97 Å². The van der Waals surface area contributed by atoms with E-state index >= 15 is 0 Å². The van der Waals surface area contributed by atoms with Crippen molar-refractivity contribution >= 4 is 11.7 Å². The average molecular weight is 221 g/mol. The molecule has 16 heavy (non-hydrogen) atoms. The number of hydrogen-bond donors (Lipinski definition) is 2. The normalized spacial score (nSPS) is 10.5. The minimum atomic E-state index is -0.869. The number of rotatable bonds is 5. The fourth-order valence-electron chi connectivity index (χ4n) is 1.72. The molecule has 0 atom stereocenters. The van der Waals surface area contributed by atoms with Gasteiger partial charge in [0.05, 0.1) is 5.56 Å². The van der Waals surface area contributed by atoms with E-state index in [1.54, 1.807) is 6.07 Å². The predicted molar refractivity (Wildman–Crippen MR) is 66.1 cm³/mol. The standard InChI is InChI=1S/C13H19NO2/c1-4-10(5-2)14-11-6-7-12(13(15)16)9(3)8-11/h6-8,10,14H,4-5H2,1-3H3,(H,15,16). The van der Waals surface area contributed by atoms with Gasteiger partial charge in [-0.1, -0.05) is 13.8 Å². The highest BCUT2D eigenvalue weighted by Crippen LogP contribution is 2.17. The van der Waals surface area contributed by atoms with Gasteiger partial charge < -0.3 is 10.4 Å². The van der Waals surface area contributed by atoms with E-state index in [1.165, 1.54) is 0 Å². The Labute approximate surface area is 96.5 Å². The zero-order valence-electron chi connectivity index (χ0n) is 10.1. The van der Waals surface area contributed by atoms with Gasteiger partial charge >= 0.3 is 5.97 Å². The largest absolute Gasteiger partial charge is 0.478 e. The Morgan fingerprint density at radius 3 is 2.44 bits per heavy atom. The molecule has 3 nitrogen and oxygen atoms in total. The number of hydrogen-bond acceptors (Lipinski definition) is 2.